The molecule has 1 heterocycles. The number of ether oxygens (including phenoxy) is 4. The normalized spacial score (nSPS) is 11.4. The van der Waals surface area contributed by atoms with Crippen LogP contribution in [-0.2, 0) is 49.8 Å². The third-order valence-electron chi connectivity index (χ3n) is 9.36. The lowest BCUT2D eigenvalue weighted by atomic mass is 10.0. The Morgan fingerprint density at radius 3 is 1.66 bits per heavy atom. The molecule has 332 valence electrons. The molecule has 0 radical (unpaired) electrons. The van der Waals surface area contributed by atoms with E-state index in [1.807, 2.05) is 12.1 Å². The summed E-state index contributed by atoms with van der Waals surface area (Å²) in [6, 6.07) is 9.82. The van der Waals surface area contributed by atoms with Crippen LogP contribution < -0.4 is 10.0 Å². The van der Waals surface area contributed by atoms with Crippen LogP contribution in [0.25, 0.3) is 0 Å². The lowest BCUT2D eigenvalue weighted by Crippen LogP contribution is -2.28. The number of unbranched alkanes of at least 4 members (excludes halogenated alkanes) is 14. The van der Waals surface area contributed by atoms with E-state index in [1.165, 1.54) is 82.5 Å². The summed E-state index contributed by atoms with van der Waals surface area (Å²) in [5, 5.41) is 19.8. The van der Waals surface area contributed by atoms with Crippen molar-refractivity contribution < 1.29 is 56.8 Å². The van der Waals surface area contributed by atoms with Gasteiger partial charge in [-0.2, -0.15) is 0 Å². The Kier molecular flexibility index (Phi) is 28.5. The van der Waals surface area contributed by atoms with Gasteiger partial charge < -0.3 is 34.5 Å². The topological polar surface area (TPSA) is 217 Å². The van der Waals surface area contributed by atoms with Crippen LogP contribution in [0.5, 0.6) is 0 Å². The molecule has 1 aromatic carbocycles. The number of hydrogen-bond donors (Lipinski definition) is 4. The first-order valence-electron chi connectivity index (χ1n) is 21.2. The average Bonchev–Trinajstić information content (AvgIpc) is 3.21. The zero-order valence-corrected chi connectivity index (χ0v) is 35.5. The van der Waals surface area contributed by atoms with E-state index in [-0.39, 0.29) is 80.8 Å². The van der Waals surface area contributed by atoms with Gasteiger partial charge in [0.15, 0.2) is 5.78 Å². The molecule has 0 saturated carbocycles. The number of sulfonamides is 1. The number of rotatable bonds is 39. The number of aryl methyl sites for hydroxylation is 1. The number of aliphatic carboxylic acids is 2. The second kappa shape index (κ2) is 32.8. The van der Waals surface area contributed by atoms with Gasteiger partial charge in [0, 0.05) is 32.2 Å². The predicted molar refractivity (Wildman–Crippen MR) is 224 cm³/mol. The third kappa shape index (κ3) is 27.4. The number of carbonyl (C=O) groups is 4. The van der Waals surface area contributed by atoms with Crippen molar-refractivity contribution in [1.29, 1.82) is 0 Å². The fourth-order valence-electron chi connectivity index (χ4n) is 6.09. The first kappa shape index (κ1) is 51.2. The van der Waals surface area contributed by atoms with E-state index in [0.717, 1.165) is 44.1 Å². The summed E-state index contributed by atoms with van der Waals surface area (Å²) in [7, 11) is -3.86. The summed E-state index contributed by atoms with van der Waals surface area (Å²) in [5.41, 5.74) is 1.36. The molecule has 15 nitrogen and oxygen atoms in total. The first-order valence-corrected chi connectivity index (χ1v) is 22.7. The number of carbonyl (C=O) groups excluding carboxylic acids is 2. The number of ketones is 1. The number of carboxylic acids is 2. The van der Waals surface area contributed by atoms with Crippen LogP contribution in [0.15, 0.2) is 47.5 Å². The first-order chi connectivity index (χ1) is 28.6. The second-order valence-electron chi connectivity index (χ2n) is 14.5. The summed E-state index contributed by atoms with van der Waals surface area (Å²) in [6.45, 7) is 1.30. The highest BCUT2D eigenvalue weighted by atomic mass is 32.2. The maximum Gasteiger partial charge on any atom is 0.329 e. The molecule has 0 aliphatic heterocycles. The minimum absolute atomic E-state index is 0.0415. The van der Waals surface area contributed by atoms with Crippen LogP contribution in [0.3, 0.4) is 0 Å². The van der Waals surface area contributed by atoms with Gasteiger partial charge in [-0.05, 0) is 55.5 Å². The number of pyridine rings is 1. The maximum absolute atomic E-state index is 13.0. The fourth-order valence-corrected chi connectivity index (χ4v) is 7.10. The average molecular weight is 850 g/mol. The highest BCUT2D eigenvalue weighted by molar-refractivity contribution is 7.92. The Balaban J connectivity index is 1.48. The Morgan fingerprint density at radius 2 is 1.10 bits per heavy atom. The maximum atomic E-state index is 13.0. The highest BCUT2D eigenvalue weighted by Crippen LogP contribution is 2.18. The Bertz CT molecular complexity index is 1560. The summed E-state index contributed by atoms with van der Waals surface area (Å²) in [4.78, 5) is 49.5. The zero-order valence-electron chi connectivity index (χ0n) is 34.7. The van der Waals surface area contributed by atoms with Gasteiger partial charge in [0.2, 0.25) is 0 Å². The highest BCUT2D eigenvalue weighted by Gasteiger charge is 2.16. The van der Waals surface area contributed by atoms with E-state index in [0.29, 0.717) is 25.9 Å². The van der Waals surface area contributed by atoms with E-state index >= 15 is 0 Å². The minimum Gasteiger partial charge on any atom is -0.481 e. The number of Topliss-reactive ketones (excluding diaryl/α,β-unsaturated/α-hetero) is 1. The molecule has 59 heavy (non-hydrogen) atoms. The van der Waals surface area contributed by atoms with E-state index in [4.69, 9.17) is 29.2 Å². The van der Waals surface area contributed by atoms with Gasteiger partial charge >= 0.3 is 11.9 Å². The lowest BCUT2D eigenvalue weighted by molar-refractivity contribution is -0.143. The molecule has 0 bridgehead atoms. The van der Waals surface area contributed by atoms with Crippen molar-refractivity contribution >= 4 is 39.5 Å². The van der Waals surface area contributed by atoms with Crippen molar-refractivity contribution in [1.82, 2.24) is 10.3 Å². The van der Waals surface area contributed by atoms with Crippen molar-refractivity contribution in [2.75, 3.05) is 64.1 Å². The van der Waals surface area contributed by atoms with Crippen molar-refractivity contribution in [3.8, 4) is 0 Å². The molecule has 0 aliphatic carbocycles. The molecule has 4 N–H and O–H groups in total. The standard InChI is InChI=1S/C43H67N3O12S/c47-38(18-16-27-55-29-32-58-35-42(50)51)34-57-31-30-56-28-26-44-43(52)37-22-25-40(45-33-37)46-59(53,54)39-23-20-36(21-24-39)17-14-12-10-8-6-4-2-1-3-5-7-9-11-13-15-19-41(48)49/h20-25,33H,1-19,26-32,34-35H2,(H,44,52)(H,45,46)(H,48,49)(H,50,51). The van der Waals surface area contributed by atoms with E-state index in [1.54, 1.807) is 12.1 Å². The molecule has 1 amide bonds. The molecule has 0 spiro atoms. The molecule has 2 aromatic rings. The number of benzene rings is 1. The number of nitrogens with one attached hydrogen (secondary N) is 2. The molecule has 0 fully saturated rings. The summed E-state index contributed by atoms with van der Waals surface area (Å²) < 4.78 is 49.3. The van der Waals surface area contributed by atoms with Crippen LogP contribution in [-0.4, -0.2) is 107 Å². The molecule has 1 aromatic heterocycles. The van der Waals surface area contributed by atoms with Crippen molar-refractivity contribution in [2.24, 2.45) is 0 Å². The lowest BCUT2D eigenvalue weighted by Gasteiger charge is -2.10. The number of carboxylic acid groups (broad SMARTS) is 2. The fraction of sp³-hybridized carbons (Fsp3) is 0.651. The zero-order chi connectivity index (χ0) is 42.8. The second-order valence-corrected chi connectivity index (χ2v) is 16.2. The summed E-state index contributed by atoms with van der Waals surface area (Å²) >= 11 is 0. The molecular formula is C43H67N3O12S. The molecule has 0 aliphatic rings. The predicted octanol–water partition coefficient (Wildman–Crippen LogP) is 6.98. The van der Waals surface area contributed by atoms with Gasteiger partial charge in [0.1, 0.15) is 19.0 Å². The van der Waals surface area contributed by atoms with Gasteiger partial charge in [-0.1, -0.05) is 95.6 Å². The number of anilines is 1. The minimum atomic E-state index is -3.86. The van der Waals surface area contributed by atoms with Crippen LogP contribution in [0.4, 0.5) is 5.82 Å². The Labute approximate surface area is 350 Å². The van der Waals surface area contributed by atoms with Gasteiger partial charge in [0.25, 0.3) is 15.9 Å². The van der Waals surface area contributed by atoms with Crippen molar-refractivity contribution in [3.63, 3.8) is 0 Å². The third-order valence-corrected chi connectivity index (χ3v) is 10.7. The van der Waals surface area contributed by atoms with Crippen LogP contribution in [0.1, 0.15) is 131 Å². The smallest absolute Gasteiger partial charge is 0.329 e. The summed E-state index contributed by atoms with van der Waals surface area (Å²) in [5.74, 6) is -2.09. The SMILES string of the molecule is O=C(O)CCCCCCCCCCCCCCCCCc1ccc(S(=O)(=O)Nc2ccc(C(=O)NCCOCCOCC(=O)CCCOCCOCC(=O)O)cn2)cc1. The molecular weight excluding hydrogens is 783 g/mol. The number of nitrogens with zero attached hydrogens (tertiary/aromatic N) is 1. The molecule has 2 rings (SSSR count). The number of hydrogen-bond acceptors (Lipinski definition) is 11. The monoisotopic (exact) mass is 849 g/mol. The van der Waals surface area contributed by atoms with Crippen molar-refractivity contribution in [3.05, 3.63) is 53.7 Å². The molecule has 0 saturated heterocycles. The molecule has 0 unspecified atom stereocenters. The van der Waals surface area contributed by atoms with Gasteiger partial charge in [0.05, 0.1) is 43.5 Å². The molecule has 16 heteroatoms. The van der Waals surface area contributed by atoms with Gasteiger partial charge in [-0.25, -0.2) is 18.2 Å². The quantitative estimate of drug-likeness (QED) is 0.0500. The van der Waals surface area contributed by atoms with E-state index < -0.39 is 22.0 Å². The summed E-state index contributed by atoms with van der Waals surface area (Å²) in [6.07, 6.45) is 21.1. The number of aromatic nitrogens is 1. The van der Waals surface area contributed by atoms with Gasteiger partial charge in [-0.3, -0.25) is 19.1 Å². The van der Waals surface area contributed by atoms with Crippen molar-refractivity contribution in [2.45, 2.75) is 127 Å². The van der Waals surface area contributed by atoms with E-state index in [2.05, 4.69) is 15.0 Å². The van der Waals surface area contributed by atoms with Crippen LogP contribution >= 0.6 is 0 Å². The largest absolute Gasteiger partial charge is 0.481 e. The Hall–Kier alpha value is -3.96. The van der Waals surface area contributed by atoms with Crippen LogP contribution in [0, 0.1) is 0 Å². The number of amides is 1. The van der Waals surface area contributed by atoms with E-state index in [9.17, 15) is 27.6 Å². The van der Waals surface area contributed by atoms with Crippen LogP contribution in [0.2, 0.25) is 0 Å². The van der Waals surface area contributed by atoms with Gasteiger partial charge in [-0.15, -0.1) is 0 Å². The Morgan fingerprint density at radius 1 is 0.559 bits per heavy atom. The molecule has 0 atom stereocenters.